The van der Waals surface area contributed by atoms with Crippen molar-refractivity contribution < 1.29 is 5.11 Å². The molecule has 0 rings (SSSR count). The number of rotatable bonds is 6. The summed E-state index contributed by atoms with van der Waals surface area (Å²) in [5, 5.41) is 10.1. The van der Waals surface area contributed by atoms with Gasteiger partial charge in [-0.2, -0.15) is 0 Å². The van der Waals surface area contributed by atoms with Gasteiger partial charge in [0.15, 0.2) is 0 Å². The summed E-state index contributed by atoms with van der Waals surface area (Å²) in [6.45, 7) is 3.49. The van der Waals surface area contributed by atoms with Crippen LogP contribution in [0.4, 0.5) is 0 Å². The smallest absolute Gasteiger partial charge is 0.0721 e. The topological polar surface area (TPSA) is 20.2 Å². The van der Waals surface area contributed by atoms with Gasteiger partial charge in [-0.15, -0.1) is 6.58 Å². The molecule has 1 N–H and O–H groups in total. The Balaban J connectivity index is 3.18. The Morgan fingerprint density at radius 1 is 1.36 bits per heavy atom. The number of hydrogen-bond acceptors (Lipinski definition) is 1. The highest BCUT2D eigenvalue weighted by Crippen LogP contribution is 1.99. The lowest BCUT2D eigenvalue weighted by Crippen LogP contribution is -1.99. The van der Waals surface area contributed by atoms with E-state index in [1.165, 1.54) is 0 Å². The lowest BCUT2D eigenvalue weighted by Gasteiger charge is -1.99. The SMILES string of the molecule is C=CC(O)CC/C=C/CCBr. The molecule has 0 aromatic rings. The Kier molecular flexibility index (Phi) is 7.96. The van der Waals surface area contributed by atoms with Gasteiger partial charge in [0, 0.05) is 5.33 Å². The predicted octanol–water partition coefficient (Wildman–Crippen LogP) is 2.65. The highest BCUT2D eigenvalue weighted by molar-refractivity contribution is 9.09. The summed E-state index contributed by atoms with van der Waals surface area (Å²) in [6.07, 6.45) is 8.20. The van der Waals surface area contributed by atoms with Gasteiger partial charge in [0.2, 0.25) is 0 Å². The van der Waals surface area contributed by atoms with Crippen LogP contribution in [0.3, 0.4) is 0 Å². The van der Waals surface area contributed by atoms with Crippen LogP contribution in [0.2, 0.25) is 0 Å². The first-order valence-corrected chi connectivity index (χ1v) is 4.95. The summed E-state index contributed by atoms with van der Waals surface area (Å²) >= 11 is 3.33. The fourth-order valence-electron chi connectivity index (χ4n) is 0.684. The number of aliphatic hydroxyl groups is 1. The van der Waals surface area contributed by atoms with Crippen molar-refractivity contribution in [2.45, 2.75) is 25.4 Å². The average molecular weight is 219 g/mol. The number of alkyl halides is 1. The van der Waals surface area contributed by atoms with Gasteiger partial charge in [-0.1, -0.05) is 34.2 Å². The van der Waals surface area contributed by atoms with Gasteiger partial charge in [0.1, 0.15) is 0 Å². The van der Waals surface area contributed by atoms with E-state index in [-0.39, 0.29) is 6.10 Å². The molecule has 0 aromatic heterocycles. The number of hydrogen-bond donors (Lipinski definition) is 1. The largest absolute Gasteiger partial charge is 0.389 e. The van der Waals surface area contributed by atoms with Crippen LogP contribution in [0, 0.1) is 0 Å². The number of allylic oxidation sites excluding steroid dienone is 2. The zero-order chi connectivity index (χ0) is 8.53. The molecule has 0 spiro atoms. The first-order chi connectivity index (χ1) is 5.31. The molecule has 1 nitrogen and oxygen atoms in total. The summed E-state index contributed by atoms with van der Waals surface area (Å²) in [6, 6.07) is 0. The van der Waals surface area contributed by atoms with Crippen LogP contribution in [0.25, 0.3) is 0 Å². The van der Waals surface area contributed by atoms with Gasteiger partial charge < -0.3 is 5.11 Å². The third-order valence-electron chi connectivity index (χ3n) is 1.34. The predicted molar refractivity (Wildman–Crippen MR) is 53.0 cm³/mol. The summed E-state index contributed by atoms with van der Waals surface area (Å²) in [5.41, 5.74) is 0. The zero-order valence-electron chi connectivity index (χ0n) is 6.67. The van der Waals surface area contributed by atoms with E-state index in [0.717, 1.165) is 24.6 Å². The molecular formula is C9H15BrO. The van der Waals surface area contributed by atoms with Gasteiger partial charge in [-0.3, -0.25) is 0 Å². The van der Waals surface area contributed by atoms with Crippen molar-refractivity contribution in [1.82, 2.24) is 0 Å². The minimum Gasteiger partial charge on any atom is -0.389 e. The standard InChI is InChI=1S/C9H15BrO/c1-2-9(11)7-5-3-4-6-8-10/h2-4,9,11H,1,5-8H2/b4-3+. The minimum atomic E-state index is -0.344. The zero-order valence-corrected chi connectivity index (χ0v) is 8.26. The lowest BCUT2D eigenvalue weighted by molar-refractivity contribution is 0.214. The summed E-state index contributed by atoms with van der Waals surface area (Å²) in [7, 11) is 0. The van der Waals surface area contributed by atoms with E-state index < -0.39 is 0 Å². The van der Waals surface area contributed by atoms with E-state index in [1.54, 1.807) is 6.08 Å². The molecule has 0 amide bonds. The molecule has 0 saturated carbocycles. The van der Waals surface area contributed by atoms with Crippen LogP contribution in [0.1, 0.15) is 19.3 Å². The number of halogens is 1. The Morgan fingerprint density at radius 2 is 2.00 bits per heavy atom. The van der Waals surface area contributed by atoms with E-state index in [1.807, 2.05) is 0 Å². The van der Waals surface area contributed by atoms with Crippen LogP contribution in [0.15, 0.2) is 24.8 Å². The molecule has 0 saturated heterocycles. The van der Waals surface area contributed by atoms with E-state index in [2.05, 4.69) is 34.7 Å². The quantitative estimate of drug-likeness (QED) is 0.537. The minimum absolute atomic E-state index is 0.344. The lowest BCUT2D eigenvalue weighted by atomic mass is 10.2. The maximum Gasteiger partial charge on any atom is 0.0721 e. The molecule has 0 heterocycles. The van der Waals surface area contributed by atoms with Gasteiger partial charge in [0.05, 0.1) is 6.10 Å². The fourth-order valence-corrected chi connectivity index (χ4v) is 0.948. The van der Waals surface area contributed by atoms with E-state index in [0.29, 0.717) is 0 Å². The number of aliphatic hydroxyl groups excluding tert-OH is 1. The van der Waals surface area contributed by atoms with Gasteiger partial charge in [-0.05, 0) is 19.3 Å². The second-order valence-electron chi connectivity index (χ2n) is 2.33. The molecule has 1 atom stereocenters. The van der Waals surface area contributed by atoms with Crippen molar-refractivity contribution in [2.24, 2.45) is 0 Å². The van der Waals surface area contributed by atoms with Crippen molar-refractivity contribution in [1.29, 1.82) is 0 Å². The Labute approximate surface area is 76.9 Å². The van der Waals surface area contributed by atoms with E-state index in [4.69, 9.17) is 5.11 Å². The highest BCUT2D eigenvalue weighted by Gasteiger charge is 1.93. The molecule has 0 aliphatic rings. The molecule has 2 heteroatoms. The third-order valence-corrected chi connectivity index (χ3v) is 1.80. The highest BCUT2D eigenvalue weighted by atomic mass is 79.9. The second-order valence-corrected chi connectivity index (χ2v) is 3.12. The molecule has 0 aliphatic carbocycles. The Bertz CT molecular complexity index is 121. The molecule has 0 aliphatic heterocycles. The van der Waals surface area contributed by atoms with Crippen molar-refractivity contribution in [3.63, 3.8) is 0 Å². The Hall–Kier alpha value is -0.0800. The van der Waals surface area contributed by atoms with Gasteiger partial charge in [-0.25, -0.2) is 0 Å². The maximum atomic E-state index is 9.05. The van der Waals surface area contributed by atoms with Crippen molar-refractivity contribution in [3.8, 4) is 0 Å². The first-order valence-electron chi connectivity index (χ1n) is 3.83. The molecule has 0 bridgehead atoms. The first kappa shape index (κ1) is 10.9. The third kappa shape index (κ3) is 7.82. The molecular weight excluding hydrogens is 204 g/mol. The fraction of sp³-hybridized carbons (Fsp3) is 0.556. The molecule has 0 aromatic carbocycles. The van der Waals surface area contributed by atoms with Gasteiger partial charge >= 0.3 is 0 Å². The van der Waals surface area contributed by atoms with Crippen LogP contribution in [0.5, 0.6) is 0 Å². The van der Waals surface area contributed by atoms with E-state index >= 15 is 0 Å². The summed E-state index contributed by atoms with van der Waals surface area (Å²) in [5.74, 6) is 0. The van der Waals surface area contributed by atoms with Crippen LogP contribution in [-0.2, 0) is 0 Å². The van der Waals surface area contributed by atoms with Crippen molar-refractivity contribution in [2.75, 3.05) is 5.33 Å². The van der Waals surface area contributed by atoms with E-state index in [9.17, 15) is 0 Å². The van der Waals surface area contributed by atoms with Crippen molar-refractivity contribution in [3.05, 3.63) is 24.8 Å². The monoisotopic (exact) mass is 218 g/mol. The van der Waals surface area contributed by atoms with Gasteiger partial charge in [0.25, 0.3) is 0 Å². The summed E-state index contributed by atoms with van der Waals surface area (Å²) in [4.78, 5) is 0. The Morgan fingerprint density at radius 3 is 2.55 bits per heavy atom. The molecule has 64 valence electrons. The van der Waals surface area contributed by atoms with Crippen LogP contribution >= 0.6 is 15.9 Å². The van der Waals surface area contributed by atoms with Crippen LogP contribution < -0.4 is 0 Å². The van der Waals surface area contributed by atoms with Crippen molar-refractivity contribution >= 4 is 15.9 Å². The normalized spacial score (nSPS) is 13.6. The maximum absolute atomic E-state index is 9.05. The second kappa shape index (κ2) is 8.02. The molecule has 1 unspecified atom stereocenters. The molecule has 0 fully saturated rings. The molecule has 11 heavy (non-hydrogen) atoms. The average Bonchev–Trinajstić information content (AvgIpc) is 2.04. The van der Waals surface area contributed by atoms with Crippen LogP contribution in [-0.4, -0.2) is 16.5 Å². The molecule has 0 radical (unpaired) electrons. The summed E-state index contributed by atoms with van der Waals surface area (Å²) < 4.78 is 0.